The van der Waals surface area contributed by atoms with E-state index in [1.165, 1.54) is 77.0 Å². The molecule has 0 radical (unpaired) electrons. The number of unbranched alkanes of at least 4 members (excludes halogenated alkanes) is 4. The molecule has 0 amide bonds. The van der Waals surface area contributed by atoms with Crippen molar-refractivity contribution in [2.24, 2.45) is 23.7 Å². The van der Waals surface area contributed by atoms with Gasteiger partial charge in [0, 0.05) is 24.6 Å². The third-order valence-corrected chi connectivity index (χ3v) is 11.7. The summed E-state index contributed by atoms with van der Waals surface area (Å²) in [6.45, 7) is 20.0. The van der Waals surface area contributed by atoms with Crippen LogP contribution in [-0.4, -0.2) is 50.5 Å². The molecule has 0 aromatic carbocycles. The molecule has 4 atom stereocenters. The van der Waals surface area contributed by atoms with E-state index in [1.54, 1.807) is 23.5 Å². The molecule has 0 spiro atoms. The number of fused-ring (bicyclic) bond motifs is 2. The predicted octanol–water partition coefficient (Wildman–Crippen LogP) is 10.3. The fraction of sp³-hybridized carbons (Fsp3) is 0.737. The number of hydrogen-bond donors (Lipinski definition) is 2. The molecule has 12 heteroatoms. The fourth-order valence-electron chi connectivity index (χ4n) is 6.01. The van der Waals surface area contributed by atoms with Crippen LogP contribution in [0.15, 0.2) is 22.7 Å². The van der Waals surface area contributed by atoms with Crippen LogP contribution in [-0.2, 0) is 13.1 Å². The van der Waals surface area contributed by atoms with Crippen LogP contribution in [0.25, 0.3) is 22.3 Å². The minimum absolute atomic E-state index is 0.346. The second kappa shape index (κ2) is 22.4. The molecule has 0 saturated carbocycles. The number of anilines is 2. The van der Waals surface area contributed by atoms with Crippen LogP contribution in [0.4, 0.5) is 11.9 Å². The summed E-state index contributed by atoms with van der Waals surface area (Å²) in [4.78, 5) is 27.0. The zero-order chi connectivity index (χ0) is 36.5. The van der Waals surface area contributed by atoms with E-state index >= 15 is 0 Å². The molecule has 50 heavy (non-hydrogen) atoms. The van der Waals surface area contributed by atoms with Gasteiger partial charge in [-0.1, -0.05) is 107 Å². The highest BCUT2D eigenvalue weighted by Gasteiger charge is 2.17. The van der Waals surface area contributed by atoms with E-state index in [9.17, 15) is 0 Å². The average Bonchev–Trinajstić information content (AvgIpc) is 3.69. The van der Waals surface area contributed by atoms with Crippen molar-refractivity contribution in [3.63, 3.8) is 0 Å². The lowest BCUT2D eigenvalue weighted by Crippen LogP contribution is -2.08. The molecule has 0 aliphatic carbocycles. The third-order valence-electron chi connectivity index (χ3n) is 9.13. The summed E-state index contributed by atoms with van der Waals surface area (Å²) in [7, 11) is 0. The summed E-state index contributed by atoms with van der Waals surface area (Å²) in [5.41, 5.74) is 15.5. The van der Waals surface area contributed by atoms with E-state index in [1.807, 2.05) is 12.7 Å². The Balaban J connectivity index is 0.000000270. The summed E-state index contributed by atoms with van der Waals surface area (Å²) in [6.07, 6.45) is 18.8. The maximum atomic E-state index is 5.97. The number of nitrogens with zero attached hydrogens (tertiary/aromatic N) is 8. The van der Waals surface area contributed by atoms with Crippen LogP contribution in [0.5, 0.6) is 0 Å². The number of thioether (sulfide) groups is 2. The molecule has 4 aromatic heterocycles. The Labute approximate surface area is 310 Å². The van der Waals surface area contributed by atoms with Crippen molar-refractivity contribution in [3.05, 3.63) is 12.7 Å². The van der Waals surface area contributed by atoms with E-state index < -0.39 is 0 Å². The highest BCUT2D eigenvalue weighted by Crippen LogP contribution is 2.30. The highest BCUT2D eigenvalue weighted by atomic mass is 32.2. The van der Waals surface area contributed by atoms with Gasteiger partial charge in [-0.05, 0) is 49.4 Å². The Morgan fingerprint density at radius 2 is 0.880 bits per heavy atom. The van der Waals surface area contributed by atoms with Gasteiger partial charge in [0.25, 0.3) is 0 Å². The third kappa shape index (κ3) is 13.5. The lowest BCUT2D eigenvalue weighted by Gasteiger charge is -2.12. The molecule has 0 unspecified atom stereocenters. The summed E-state index contributed by atoms with van der Waals surface area (Å²) < 4.78 is 4.27. The largest absolute Gasteiger partial charge is 0.368 e. The average molecular weight is 727 g/mol. The van der Waals surface area contributed by atoms with Crippen molar-refractivity contribution in [3.8, 4) is 0 Å². The number of nitrogen functional groups attached to an aromatic ring is 2. The molecule has 0 saturated heterocycles. The first-order valence-electron chi connectivity index (χ1n) is 19.3. The number of rotatable bonds is 22. The predicted molar refractivity (Wildman–Crippen MR) is 216 cm³/mol. The number of hydrogen-bond acceptors (Lipinski definition) is 10. The monoisotopic (exact) mass is 726 g/mol. The molecule has 10 nitrogen and oxygen atoms in total. The summed E-state index contributed by atoms with van der Waals surface area (Å²) in [5, 5.41) is 1.84. The Hall–Kier alpha value is -2.60. The van der Waals surface area contributed by atoms with Crippen LogP contribution >= 0.6 is 23.5 Å². The van der Waals surface area contributed by atoms with E-state index in [4.69, 9.17) is 11.5 Å². The second-order valence-electron chi connectivity index (χ2n) is 14.5. The lowest BCUT2D eigenvalue weighted by atomic mass is 10.0. The number of imidazole rings is 2. The first-order chi connectivity index (χ1) is 24.1. The van der Waals surface area contributed by atoms with E-state index in [0.29, 0.717) is 35.6 Å². The Bertz CT molecular complexity index is 1420. The molecule has 0 aliphatic rings. The molecular weight excluding hydrogens is 661 g/mol. The van der Waals surface area contributed by atoms with Crippen LogP contribution in [0.3, 0.4) is 0 Å². The molecule has 0 fully saturated rings. The van der Waals surface area contributed by atoms with Crippen molar-refractivity contribution in [2.45, 2.75) is 156 Å². The van der Waals surface area contributed by atoms with E-state index in [-0.39, 0.29) is 0 Å². The molecule has 280 valence electrons. The zero-order valence-electron chi connectivity index (χ0n) is 32.3. The van der Waals surface area contributed by atoms with Gasteiger partial charge in [0.1, 0.15) is 21.1 Å². The van der Waals surface area contributed by atoms with Gasteiger partial charge >= 0.3 is 0 Å². The molecule has 4 rings (SSSR count). The van der Waals surface area contributed by atoms with E-state index in [2.05, 4.69) is 94.4 Å². The maximum Gasteiger partial charge on any atom is 0.223 e. The fourth-order valence-corrected chi connectivity index (χ4v) is 8.11. The SMILES string of the molecule is CCCC[C@@H](C)CSc1nc(N)nc2c1ncn2C[C@@H](C)CCCC.CCCC[C@@H](C)Cn1cnc2c(SC[C@@H](C)CCCC)nc(N)nc21. The first kappa shape index (κ1) is 41.8. The normalized spacial score (nSPS) is 14.1. The van der Waals surface area contributed by atoms with E-state index in [0.717, 1.165) is 57.0 Å². The molecule has 0 aliphatic heterocycles. The topological polar surface area (TPSA) is 139 Å². The van der Waals surface area contributed by atoms with Crippen LogP contribution in [0.2, 0.25) is 0 Å². The summed E-state index contributed by atoms with van der Waals surface area (Å²) in [5.74, 6) is 5.35. The van der Waals surface area contributed by atoms with Crippen LogP contribution < -0.4 is 11.5 Å². The molecular formula is C38H66N10S2. The van der Waals surface area contributed by atoms with Crippen LogP contribution in [0.1, 0.15) is 132 Å². The number of aromatic nitrogens is 8. The smallest absolute Gasteiger partial charge is 0.223 e. The van der Waals surface area contributed by atoms with Gasteiger partial charge in [-0.15, -0.1) is 23.5 Å². The lowest BCUT2D eigenvalue weighted by molar-refractivity contribution is 0.439. The van der Waals surface area contributed by atoms with Gasteiger partial charge in [0.15, 0.2) is 11.3 Å². The van der Waals surface area contributed by atoms with Gasteiger partial charge in [-0.2, -0.15) is 9.97 Å². The Kier molecular flexibility index (Phi) is 18.7. The Morgan fingerprint density at radius 1 is 0.540 bits per heavy atom. The van der Waals surface area contributed by atoms with Gasteiger partial charge in [0.05, 0.1) is 12.7 Å². The first-order valence-corrected chi connectivity index (χ1v) is 21.3. The van der Waals surface area contributed by atoms with Crippen molar-refractivity contribution in [1.82, 2.24) is 39.0 Å². The quantitative estimate of drug-likeness (QED) is 0.0594. The molecule has 4 heterocycles. The van der Waals surface area contributed by atoms with Crippen LogP contribution in [0, 0.1) is 23.7 Å². The zero-order valence-corrected chi connectivity index (χ0v) is 34.0. The highest BCUT2D eigenvalue weighted by molar-refractivity contribution is 7.99. The van der Waals surface area contributed by atoms with Crippen molar-refractivity contribution in [2.75, 3.05) is 23.0 Å². The second-order valence-corrected chi connectivity index (χ2v) is 16.5. The van der Waals surface area contributed by atoms with Gasteiger partial charge in [0.2, 0.25) is 11.9 Å². The standard InChI is InChI=1S/2C19H33N5S/c2*1-5-7-9-14(3)11-24-13-21-16-17(24)22-19(20)23-18(16)25-12-15(4)10-8-6-2/h2*13-15H,5-12H2,1-4H3,(H2,20,22,23)/t2*14-,15+/m10/s1. The van der Waals surface area contributed by atoms with Crippen molar-refractivity contribution < 1.29 is 0 Å². The van der Waals surface area contributed by atoms with Crippen molar-refractivity contribution in [1.29, 1.82) is 0 Å². The van der Waals surface area contributed by atoms with Gasteiger partial charge < -0.3 is 20.6 Å². The molecule has 0 bridgehead atoms. The maximum absolute atomic E-state index is 5.97. The van der Waals surface area contributed by atoms with Gasteiger partial charge in [-0.25, -0.2) is 19.9 Å². The minimum atomic E-state index is 0.346. The van der Waals surface area contributed by atoms with Crippen molar-refractivity contribution >= 4 is 57.7 Å². The minimum Gasteiger partial charge on any atom is -0.368 e. The summed E-state index contributed by atoms with van der Waals surface area (Å²) in [6, 6.07) is 0. The number of nitrogens with two attached hydrogens (primary N) is 2. The molecule has 4 aromatic rings. The van der Waals surface area contributed by atoms with Gasteiger partial charge in [-0.3, -0.25) is 0 Å². The summed E-state index contributed by atoms with van der Waals surface area (Å²) >= 11 is 3.52. The Morgan fingerprint density at radius 3 is 1.22 bits per heavy atom. The molecule has 4 N–H and O–H groups in total.